The molecule has 13 heteroatoms. The Morgan fingerprint density at radius 1 is 1.00 bits per heavy atom. The number of non-ortho nitro benzene ring substituents is 1. The maximum atomic E-state index is 14.2. The average molecular weight is 688 g/mol. The smallest absolute Gasteiger partial charge is 0.350 e. The Bertz CT molecular complexity index is 1670. The first-order chi connectivity index (χ1) is 23.7. The van der Waals surface area contributed by atoms with Crippen LogP contribution in [0.4, 0.5) is 10.5 Å². The summed E-state index contributed by atoms with van der Waals surface area (Å²) in [5.74, 6) is 0.949. The highest BCUT2D eigenvalue weighted by atomic mass is 32.2. The number of methoxy groups -OCH3 is 2. The summed E-state index contributed by atoms with van der Waals surface area (Å²) in [4.78, 5) is 46.6. The molecule has 5 rings (SSSR count). The highest BCUT2D eigenvalue weighted by molar-refractivity contribution is 8.13. The van der Waals surface area contributed by atoms with Gasteiger partial charge in [0.1, 0.15) is 5.75 Å². The number of piperidine rings is 1. The van der Waals surface area contributed by atoms with Crippen LogP contribution < -0.4 is 4.74 Å². The molecule has 1 fully saturated rings. The molecule has 0 bridgehead atoms. The summed E-state index contributed by atoms with van der Waals surface area (Å²) in [6, 6.07) is 21.8. The van der Waals surface area contributed by atoms with Crippen molar-refractivity contribution in [1.29, 1.82) is 0 Å². The summed E-state index contributed by atoms with van der Waals surface area (Å²) in [5.41, 5.74) is 3.00. The van der Waals surface area contributed by atoms with Crippen LogP contribution in [0.25, 0.3) is 0 Å². The zero-order valence-corrected chi connectivity index (χ0v) is 28.7. The number of rotatable bonds is 11. The van der Waals surface area contributed by atoms with Crippen molar-refractivity contribution in [3.05, 3.63) is 117 Å². The van der Waals surface area contributed by atoms with Gasteiger partial charge in [-0.1, -0.05) is 54.2 Å². The predicted molar refractivity (Wildman–Crippen MR) is 187 cm³/mol. The third-order valence-corrected chi connectivity index (χ3v) is 9.90. The third kappa shape index (κ3) is 8.66. The van der Waals surface area contributed by atoms with Crippen molar-refractivity contribution in [3.8, 4) is 5.75 Å². The lowest BCUT2D eigenvalue weighted by molar-refractivity contribution is -0.384. The summed E-state index contributed by atoms with van der Waals surface area (Å²) < 4.78 is 10.4. The quantitative estimate of drug-likeness (QED) is 0.100. The minimum atomic E-state index is -1.07. The van der Waals surface area contributed by atoms with Crippen LogP contribution in [0.15, 0.2) is 95.1 Å². The second kappa shape index (κ2) is 16.6. The van der Waals surface area contributed by atoms with Gasteiger partial charge in [-0.15, -0.1) is 0 Å². The molecule has 3 aromatic carbocycles. The molecular formula is C36H41N5O7S. The number of esters is 1. The number of nitro benzene ring substituents is 1. The molecule has 1 unspecified atom stereocenters. The number of nitrogens with zero attached hydrogens (tertiary/aromatic N) is 5. The largest absolute Gasteiger partial charge is 0.497 e. The molecule has 2 heterocycles. The lowest BCUT2D eigenvalue weighted by Gasteiger charge is -2.38. The number of thioether (sulfide) groups is 1. The van der Waals surface area contributed by atoms with Gasteiger partial charge in [0, 0.05) is 17.9 Å². The number of carbonyl (C=O) groups is 2. The molecule has 2 amide bonds. The van der Waals surface area contributed by atoms with Crippen LogP contribution in [0.3, 0.4) is 0 Å². The Balaban J connectivity index is 1.36. The second-order valence-corrected chi connectivity index (χ2v) is 12.9. The number of nitro groups is 1. The first kappa shape index (κ1) is 35.6. The molecule has 0 radical (unpaired) electrons. The van der Waals surface area contributed by atoms with Crippen LogP contribution >= 0.6 is 11.8 Å². The van der Waals surface area contributed by atoms with Crippen molar-refractivity contribution < 1.29 is 29.2 Å². The van der Waals surface area contributed by atoms with E-state index in [2.05, 4.69) is 34.2 Å². The number of allylic oxidation sites excluding steroid dienone is 1. The Hall–Kier alpha value is -4.72. The van der Waals surface area contributed by atoms with E-state index in [4.69, 9.17) is 9.47 Å². The van der Waals surface area contributed by atoms with Crippen molar-refractivity contribution in [3.63, 3.8) is 0 Å². The lowest BCUT2D eigenvalue weighted by atomic mass is 9.89. The van der Waals surface area contributed by atoms with E-state index in [0.717, 1.165) is 31.5 Å². The monoisotopic (exact) mass is 687 g/mol. The van der Waals surface area contributed by atoms with E-state index < -0.39 is 23.0 Å². The number of hydroxylamine groups is 2. The number of benzene rings is 3. The molecule has 0 aromatic heterocycles. The number of likely N-dealkylation sites (tertiary alicyclic amines) is 1. The maximum Gasteiger partial charge on any atom is 0.350 e. The van der Waals surface area contributed by atoms with Crippen LogP contribution in [0, 0.1) is 10.1 Å². The summed E-state index contributed by atoms with van der Waals surface area (Å²) in [6.07, 6.45) is 2.62. The van der Waals surface area contributed by atoms with E-state index in [1.165, 1.54) is 53.6 Å². The van der Waals surface area contributed by atoms with E-state index in [-0.39, 0.29) is 23.0 Å². The predicted octanol–water partition coefficient (Wildman–Crippen LogP) is 6.78. The van der Waals surface area contributed by atoms with Crippen molar-refractivity contribution >= 4 is 34.6 Å². The first-order valence-electron chi connectivity index (χ1n) is 16.1. The van der Waals surface area contributed by atoms with Crippen molar-refractivity contribution in [2.45, 2.75) is 43.9 Å². The fraction of sp³-hybridized carbons (Fsp3) is 0.361. The highest BCUT2D eigenvalue weighted by Gasteiger charge is 2.42. The van der Waals surface area contributed by atoms with Gasteiger partial charge in [0.25, 0.3) is 5.69 Å². The molecule has 12 nitrogen and oxygen atoms in total. The number of hydrogen-bond donors (Lipinski definition) is 1. The average Bonchev–Trinajstić information content (AvgIpc) is 3.13. The minimum absolute atomic E-state index is 0.0492. The SMILES string of the molecule is COC(=O)C1=C(C)N=C(SCc2ccc(OC)cc2)N(C(=O)N(O)CCCN2CCC(c3ccccc3)CC2)C1c1ccc([N+](=O)[O-])cc1. The molecule has 0 spiro atoms. The van der Waals surface area contributed by atoms with Gasteiger partial charge in [0.05, 0.1) is 43.0 Å². The number of amides is 2. The standard InChI is InChI=1S/C36H41N5O7S/c1-25-32(34(42)48-3)33(29-12-14-30(15-13-29)41(45)46)40(35(37-25)49-24-26-10-16-31(47-2)17-11-26)36(43)39(44)21-7-20-38-22-18-28(19-23-38)27-8-5-4-6-9-27/h4-6,8-17,28,33,44H,7,18-24H2,1-3H3. The molecule has 49 heavy (non-hydrogen) atoms. The van der Waals surface area contributed by atoms with Gasteiger partial charge in [-0.05, 0) is 92.7 Å². The topological polar surface area (TPSA) is 138 Å². The van der Waals surface area contributed by atoms with Crippen molar-refractivity contribution in [1.82, 2.24) is 14.9 Å². The molecule has 1 atom stereocenters. The molecule has 2 aliphatic heterocycles. The van der Waals surface area contributed by atoms with Crippen LogP contribution in [0.2, 0.25) is 0 Å². The fourth-order valence-electron chi connectivity index (χ4n) is 6.20. The van der Waals surface area contributed by atoms with E-state index in [0.29, 0.717) is 46.7 Å². The summed E-state index contributed by atoms with van der Waals surface area (Å²) in [6.45, 7) is 4.26. The summed E-state index contributed by atoms with van der Waals surface area (Å²) in [5, 5.41) is 23.5. The number of hydrogen-bond acceptors (Lipinski definition) is 10. The number of ether oxygens (including phenoxy) is 2. The molecule has 1 saturated heterocycles. The van der Waals surface area contributed by atoms with Gasteiger partial charge in [-0.2, -0.15) is 0 Å². The van der Waals surface area contributed by atoms with Crippen molar-refractivity contribution in [2.75, 3.05) is 40.4 Å². The van der Waals surface area contributed by atoms with Crippen LogP contribution in [0.5, 0.6) is 5.75 Å². The number of amidine groups is 1. The molecular weight excluding hydrogens is 646 g/mol. The molecule has 0 aliphatic carbocycles. The summed E-state index contributed by atoms with van der Waals surface area (Å²) >= 11 is 1.27. The molecule has 2 aliphatic rings. The Kier molecular flexibility index (Phi) is 12.1. The number of carbonyl (C=O) groups excluding carboxylic acids is 2. The number of urea groups is 1. The van der Waals surface area contributed by atoms with E-state index in [9.17, 15) is 24.9 Å². The Labute approximate surface area is 290 Å². The second-order valence-electron chi connectivity index (χ2n) is 11.9. The fourth-order valence-corrected chi connectivity index (χ4v) is 7.21. The Morgan fingerprint density at radius 3 is 2.29 bits per heavy atom. The molecule has 3 aromatic rings. The zero-order chi connectivity index (χ0) is 34.9. The Morgan fingerprint density at radius 2 is 1.67 bits per heavy atom. The van der Waals surface area contributed by atoms with Gasteiger partial charge < -0.3 is 14.4 Å². The zero-order valence-electron chi connectivity index (χ0n) is 27.9. The highest BCUT2D eigenvalue weighted by Crippen LogP contribution is 2.40. The van der Waals surface area contributed by atoms with Gasteiger partial charge >= 0.3 is 12.0 Å². The van der Waals surface area contributed by atoms with Gasteiger partial charge in [0.2, 0.25) is 0 Å². The molecule has 1 N–H and O–H groups in total. The molecule has 0 saturated carbocycles. The van der Waals surface area contributed by atoms with E-state index in [1.54, 1.807) is 14.0 Å². The van der Waals surface area contributed by atoms with Gasteiger partial charge in [0.15, 0.2) is 5.17 Å². The first-order valence-corrected chi connectivity index (χ1v) is 17.1. The van der Waals surface area contributed by atoms with Crippen molar-refractivity contribution in [2.24, 2.45) is 4.99 Å². The van der Waals surface area contributed by atoms with Crippen LogP contribution in [-0.2, 0) is 15.3 Å². The normalized spacial score (nSPS) is 17.0. The number of aliphatic imine (C=N–C) groups is 1. The van der Waals surface area contributed by atoms with Crippen LogP contribution in [-0.4, -0.2) is 82.6 Å². The minimum Gasteiger partial charge on any atom is -0.497 e. The summed E-state index contributed by atoms with van der Waals surface area (Å²) in [7, 11) is 2.82. The van der Waals surface area contributed by atoms with E-state index >= 15 is 0 Å². The van der Waals surface area contributed by atoms with E-state index in [1.807, 2.05) is 30.3 Å². The molecule has 258 valence electrons. The maximum absolute atomic E-state index is 14.2. The third-order valence-electron chi connectivity index (χ3n) is 8.87. The lowest BCUT2D eigenvalue weighted by Crippen LogP contribution is -2.49. The van der Waals surface area contributed by atoms with Crippen LogP contribution in [0.1, 0.15) is 54.8 Å². The van der Waals surface area contributed by atoms with Gasteiger partial charge in [-0.3, -0.25) is 20.2 Å². The van der Waals surface area contributed by atoms with Gasteiger partial charge in [-0.25, -0.2) is 19.6 Å².